The molecule has 0 amide bonds. The van der Waals surface area contributed by atoms with Gasteiger partial charge in [0.15, 0.2) is 0 Å². The van der Waals surface area contributed by atoms with Crippen molar-refractivity contribution in [2.75, 3.05) is 0 Å². The maximum absolute atomic E-state index is 13.2. The summed E-state index contributed by atoms with van der Waals surface area (Å²) < 4.78 is 27.8. The molecule has 0 unspecified atom stereocenters. The standard InChI is InChI=1S/C21H18N2O2S/c1-15-10-12-17(13-11-15)26(24,25)23-14-19(18-7-3-4-9-21(18)23)20-8-5-6-16(2)22-20/h3-14H,1-2H3. The first-order valence-corrected chi connectivity index (χ1v) is 9.77. The molecule has 0 saturated heterocycles. The van der Waals surface area contributed by atoms with E-state index in [0.29, 0.717) is 5.52 Å². The Kier molecular flexibility index (Phi) is 3.89. The predicted molar refractivity (Wildman–Crippen MR) is 104 cm³/mol. The van der Waals surface area contributed by atoms with Gasteiger partial charge in [-0.2, -0.15) is 0 Å². The van der Waals surface area contributed by atoms with Crippen LogP contribution in [0.25, 0.3) is 22.2 Å². The number of para-hydroxylation sites is 1. The minimum Gasteiger partial charge on any atom is -0.253 e. The van der Waals surface area contributed by atoms with Gasteiger partial charge < -0.3 is 0 Å². The van der Waals surface area contributed by atoms with E-state index in [0.717, 1.165) is 27.9 Å². The zero-order valence-corrected chi connectivity index (χ0v) is 15.4. The number of fused-ring (bicyclic) bond motifs is 1. The molecule has 130 valence electrons. The lowest BCUT2D eigenvalue weighted by atomic mass is 10.1. The summed E-state index contributed by atoms with van der Waals surface area (Å²) in [5, 5.41) is 0.862. The molecule has 4 rings (SSSR count). The van der Waals surface area contributed by atoms with Crippen molar-refractivity contribution in [2.24, 2.45) is 0 Å². The van der Waals surface area contributed by atoms with E-state index in [4.69, 9.17) is 0 Å². The molecule has 0 radical (unpaired) electrons. The number of rotatable bonds is 3. The normalized spacial score (nSPS) is 11.8. The summed E-state index contributed by atoms with van der Waals surface area (Å²) in [7, 11) is -3.69. The molecule has 0 spiro atoms. The second-order valence-corrected chi connectivity index (χ2v) is 8.15. The van der Waals surface area contributed by atoms with Crippen molar-refractivity contribution in [3.05, 3.63) is 84.2 Å². The molecule has 0 aliphatic heterocycles. The number of benzene rings is 2. The van der Waals surface area contributed by atoms with Gasteiger partial charge in [0.2, 0.25) is 0 Å². The molecule has 2 aromatic carbocycles. The van der Waals surface area contributed by atoms with E-state index in [1.54, 1.807) is 18.3 Å². The fourth-order valence-corrected chi connectivity index (χ4v) is 4.44. The Morgan fingerprint density at radius 3 is 2.31 bits per heavy atom. The second kappa shape index (κ2) is 6.11. The Balaban J connectivity index is 1.98. The topological polar surface area (TPSA) is 52.0 Å². The van der Waals surface area contributed by atoms with Crippen molar-refractivity contribution in [3.63, 3.8) is 0 Å². The van der Waals surface area contributed by atoms with Gasteiger partial charge in [0.25, 0.3) is 10.0 Å². The number of pyridine rings is 1. The third-order valence-electron chi connectivity index (χ3n) is 4.42. The quantitative estimate of drug-likeness (QED) is 0.537. The molecule has 0 aliphatic carbocycles. The maximum Gasteiger partial charge on any atom is 0.268 e. The monoisotopic (exact) mass is 362 g/mol. The summed E-state index contributed by atoms with van der Waals surface area (Å²) in [6.07, 6.45) is 1.67. The summed E-state index contributed by atoms with van der Waals surface area (Å²) in [4.78, 5) is 4.84. The highest BCUT2D eigenvalue weighted by molar-refractivity contribution is 7.90. The molecule has 0 atom stereocenters. The molecular weight excluding hydrogens is 344 g/mol. The molecule has 2 aromatic heterocycles. The van der Waals surface area contributed by atoms with Gasteiger partial charge in [-0.1, -0.05) is 42.0 Å². The van der Waals surface area contributed by atoms with Crippen LogP contribution >= 0.6 is 0 Å². The van der Waals surface area contributed by atoms with E-state index in [1.165, 1.54) is 3.97 Å². The van der Waals surface area contributed by atoms with Crippen molar-refractivity contribution < 1.29 is 8.42 Å². The van der Waals surface area contributed by atoms with Crippen LogP contribution in [0.3, 0.4) is 0 Å². The second-order valence-electron chi connectivity index (χ2n) is 6.34. The van der Waals surface area contributed by atoms with E-state index in [1.807, 2.05) is 68.4 Å². The van der Waals surface area contributed by atoms with Gasteiger partial charge in [0, 0.05) is 22.8 Å². The highest BCUT2D eigenvalue weighted by Crippen LogP contribution is 2.32. The van der Waals surface area contributed by atoms with Crippen LogP contribution in [-0.4, -0.2) is 17.4 Å². The SMILES string of the molecule is Cc1ccc(S(=O)(=O)n2cc(-c3cccc(C)n3)c3ccccc32)cc1. The minimum absolute atomic E-state index is 0.271. The maximum atomic E-state index is 13.2. The number of aryl methyl sites for hydroxylation is 2. The van der Waals surface area contributed by atoms with Crippen LogP contribution in [0.15, 0.2) is 77.8 Å². The Morgan fingerprint density at radius 1 is 0.846 bits per heavy atom. The van der Waals surface area contributed by atoms with Crippen LogP contribution in [0.2, 0.25) is 0 Å². The van der Waals surface area contributed by atoms with Crippen LogP contribution in [-0.2, 0) is 10.0 Å². The molecule has 26 heavy (non-hydrogen) atoms. The largest absolute Gasteiger partial charge is 0.268 e. The zero-order chi connectivity index (χ0) is 18.3. The average molecular weight is 362 g/mol. The molecule has 4 nitrogen and oxygen atoms in total. The molecular formula is C21H18N2O2S. The van der Waals surface area contributed by atoms with Crippen molar-refractivity contribution in [2.45, 2.75) is 18.7 Å². The Bertz CT molecular complexity index is 1210. The zero-order valence-electron chi connectivity index (χ0n) is 14.5. The number of nitrogens with zero attached hydrogens (tertiary/aromatic N) is 2. The summed E-state index contributed by atoms with van der Waals surface area (Å²) in [5.41, 5.74) is 4.12. The van der Waals surface area contributed by atoms with Crippen LogP contribution in [0.4, 0.5) is 0 Å². The van der Waals surface area contributed by atoms with Gasteiger partial charge in [0.1, 0.15) is 0 Å². The number of aromatic nitrogens is 2. The lowest BCUT2D eigenvalue weighted by molar-refractivity contribution is 0.589. The van der Waals surface area contributed by atoms with Crippen LogP contribution in [0.5, 0.6) is 0 Å². The molecule has 2 heterocycles. The summed E-state index contributed by atoms with van der Waals surface area (Å²) in [5.74, 6) is 0. The molecule has 0 bridgehead atoms. The predicted octanol–water partition coefficient (Wildman–Crippen LogP) is 4.56. The van der Waals surface area contributed by atoms with Gasteiger partial charge in [-0.3, -0.25) is 4.98 Å². The van der Waals surface area contributed by atoms with Crippen molar-refractivity contribution >= 4 is 20.9 Å². The van der Waals surface area contributed by atoms with Gasteiger partial charge in [-0.25, -0.2) is 12.4 Å². The van der Waals surface area contributed by atoms with E-state index >= 15 is 0 Å². The van der Waals surface area contributed by atoms with Gasteiger partial charge in [-0.05, 0) is 44.2 Å². The Labute approximate surface area is 152 Å². The first kappa shape index (κ1) is 16.5. The number of hydrogen-bond acceptors (Lipinski definition) is 3. The lowest BCUT2D eigenvalue weighted by Crippen LogP contribution is -2.11. The van der Waals surface area contributed by atoms with Gasteiger partial charge in [-0.15, -0.1) is 0 Å². The highest BCUT2D eigenvalue weighted by atomic mass is 32.2. The first-order chi connectivity index (χ1) is 12.5. The summed E-state index contributed by atoms with van der Waals surface area (Å²) >= 11 is 0. The smallest absolute Gasteiger partial charge is 0.253 e. The van der Waals surface area contributed by atoms with E-state index in [9.17, 15) is 8.42 Å². The lowest BCUT2D eigenvalue weighted by Gasteiger charge is -2.07. The van der Waals surface area contributed by atoms with E-state index < -0.39 is 10.0 Å². The van der Waals surface area contributed by atoms with Crippen LogP contribution in [0.1, 0.15) is 11.3 Å². The third kappa shape index (κ3) is 2.70. The molecule has 0 N–H and O–H groups in total. The summed E-state index contributed by atoms with van der Waals surface area (Å²) in [6.45, 7) is 3.86. The Morgan fingerprint density at radius 2 is 1.58 bits per heavy atom. The van der Waals surface area contributed by atoms with Crippen LogP contribution < -0.4 is 0 Å². The Hall–Kier alpha value is -2.92. The minimum atomic E-state index is -3.69. The molecule has 0 aliphatic rings. The third-order valence-corrected chi connectivity index (χ3v) is 6.11. The fourth-order valence-electron chi connectivity index (χ4n) is 3.07. The van der Waals surface area contributed by atoms with E-state index in [2.05, 4.69) is 4.98 Å². The molecule has 0 fully saturated rings. The van der Waals surface area contributed by atoms with Crippen molar-refractivity contribution in [1.82, 2.24) is 8.96 Å². The fraction of sp³-hybridized carbons (Fsp3) is 0.0952. The van der Waals surface area contributed by atoms with Crippen LogP contribution in [0, 0.1) is 13.8 Å². The average Bonchev–Trinajstić information content (AvgIpc) is 3.03. The molecule has 4 aromatic rings. The van der Waals surface area contributed by atoms with Gasteiger partial charge in [0.05, 0.1) is 16.1 Å². The summed E-state index contributed by atoms with van der Waals surface area (Å²) in [6, 6.07) is 20.1. The first-order valence-electron chi connectivity index (χ1n) is 8.33. The highest BCUT2D eigenvalue weighted by Gasteiger charge is 2.22. The van der Waals surface area contributed by atoms with E-state index in [-0.39, 0.29) is 4.90 Å². The molecule has 0 saturated carbocycles. The number of hydrogen-bond donors (Lipinski definition) is 0. The van der Waals surface area contributed by atoms with Gasteiger partial charge >= 0.3 is 0 Å². The van der Waals surface area contributed by atoms with Crippen molar-refractivity contribution in [1.29, 1.82) is 0 Å². The molecule has 5 heteroatoms. The van der Waals surface area contributed by atoms with Crippen molar-refractivity contribution in [3.8, 4) is 11.3 Å².